The highest BCUT2D eigenvalue weighted by Crippen LogP contribution is 2.65. The van der Waals surface area contributed by atoms with Crippen LogP contribution in [-0.2, 0) is 14.9 Å². The van der Waals surface area contributed by atoms with Gasteiger partial charge in [-0.15, -0.1) is 23.2 Å². The molecule has 1 aliphatic rings. The zero-order valence-electron chi connectivity index (χ0n) is 27.1. The molecule has 0 bridgehead atoms. The van der Waals surface area contributed by atoms with Crippen molar-refractivity contribution in [1.29, 1.82) is 0 Å². The summed E-state index contributed by atoms with van der Waals surface area (Å²) < 4.78 is 35.4. The van der Waals surface area contributed by atoms with Crippen molar-refractivity contribution in [3.8, 4) is 0 Å². The number of alkyl halides is 2. The first-order valence-corrected chi connectivity index (χ1v) is 16.9. The van der Waals surface area contributed by atoms with Crippen LogP contribution in [0.25, 0.3) is 0 Å². The van der Waals surface area contributed by atoms with Gasteiger partial charge in [0.05, 0.1) is 42.9 Å². The van der Waals surface area contributed by atoms with Crippen LogP contribution in [0, 0.1) is 17.6 Å². The minimum atomic E-state index is -1.92. The quantitative estimate of drug-likeness (QED) is 0.168. The molecule has 3 N–H and O–H groups in total. The summed E-state index contributed by atoms with van der Waals surface area (Å²) in [6, 6.07) is 7.49. The van der Waals surface area contributed by atoms with Gasteiger partial charge in [-0.05, 0) is 68.1 Å². The fourth-order valence-corrected chi connectivity index (χ4v) is 6.78. The summed E-state index contributed by atoms with van der Waals surface area (Å²) in [4.78, 5) is 51.8. The van der Waals surface area contributed by atoms with Crippen LogP contribution in [0.1, 0.15) is 68.9 Å². The Kier molecular flexibility index (Phi) is 11.3. The number of carbonyl (C=O) groups is 4. The van der Waals surface area contributed by atoms with E-state index in [1.807, 2.05) is 0 Å². The van der Waals surface area contributed by atoms with Crippen LogP contribution < -0.4 is 15.5 Å². The van der Waals surface area contributed by atoms with Crippen molar-refractivity contribution >= 4 is 111 Å². The van der Waals surface area contributed by atoms with Crippen LogP contribution in [0.5, 0.6) is 0 Å². The van der Waals surface area contributed by atoms with Crippen LogP contribution in [0.15, 0.2) is 36.4 Å². The van der Waals surface area contributed by atoms with Gasteiger partial charge in [0.15, 0.2) is 11.6 Å². The highest BCUT2D eigenvalue weighted by atomic mass is 35.5. The molecule has 3 aromatic rings. The highest BCUT2D eigenvalue weighted by Gasteiger charge is 2.67. The first-order chi connectivity index (χ1) is 22.9. The number of ether oxygens (including phenoxy) is 1. The van der Waals surface area contributed by atoms with Crippen LogP contribution in [-0.4, -0.2) is 39.0 Å². The summed E-state index contributed by atoms with van der Waals surface area (Å²) in [5, 5.41) is 15.0. The maximum absolute atomic E-state index is 15.9. The Balaban J connectivity index is 1.67. The number of anilines is 3. The van der Waals surface area contributed by atoms with Gasteiger partial charge >= 0.3 is 12.2 Å². The molecule has 0 aliphatic heterocycles. The smallest absolute Gasteiger partial charge is 0.424 e. The summed E-state index contributed by atoms with van der Waals surface area (Å²) in [6.07, 6.45) is -3.39. The van der Waals surface area contributed by atoms with Crippen molar-refractivity contribution in [2.24, 2.45) is 5.92 Å². The van der Waals surface area contributed by atoms with E-state index in [2.05, 4.69) is 10.6 Å². The summed E-state index contributed by atoms with van der Waals surface area (Å²) in [5.41, 5.74) is -4.37. The largest absolute Gasteiger partial charge is 0.464 e. The fourth-order valence-electron chi connectivity index (χ4n) is 5.13. The minimum absolute atomic E-state index is 0.0289. The fraction of sp³-hybridized carbons (Fsp3) is 0.333. The molecule has 0 saturated heterocycles. The van der Waals surface area contributed by atoms with E-state index in [4.69, 9.17) is 74.3 Å². The number of carbonyl (C=O) groups excluding carboxylic acids is 3. The molecule has 0 aromatic heterocycles. The molecule has 50 heavy (non-hydrogen) atoms. The van der Waals surface area contributed by atoms with E-state index < -0.39 is 79.8 Å². The Labute approximate surface area is 316 Å². The predicted molar refractivity (Wildman–Crippen MR) is 192 cm³/mol. The van der Waals surface area contributed by atoms with Crippen molar-refractivity contribution < 1.29 is 37.8 Å². The highest BCUT2D eigenvalue weighted by molar-refractivity contribution is 6.54. The Bertz CT molecular complexity index is 1910. The second-order valence-corrected chi connectivity index (χ2v) is 16.4. The van der Waals surface area contributed by atoms with E-state index >= 15 is 8.78 Å². The topological polar surface area (TPSA) is 125 Å². The monoisotopic (exact) mass is 811 g/mol. The predicted octanol–water partition coefficient (Wildman–Crippen LogP) is 11.1. The zero-order valence-corrected chi connectivity index (χ0v) is 31.6. The third kappa shape index (κ3) is 8.19. The van der Waals surface area contributed by atoms with Gasteiger partial charge in [-0.1, -0.05) is 67.2 Å². The Morgan fingerprint density at radius 2 is 1.44 bits per heavy atom. The average molecular weight is 814 g/mol. The molecule has 0 spiro atoms. The lowest BCUT2D eigenvalue weighted by molar-refractivity contribution is -0.117. The lowest BCUT2D eigenvalue weighted by atomic mass is 9.85. The van der Waals surface area contributed by atoms with Gasteiger partial charge in [0.1, 0.15) is 9.93 Å². The number of imide groups is 1. The number of hydrogen-bond acceptors (Lipinski definition) is 5. The molecule has 268 valence electrons. The third-order valence-corrected chi connectivity index (χ3v) is 9.83. The molecule has 1 fully saturated rings. The van der Waals surface area contributed by atoms with Crippen LogP contribution >= 0.6 is 69.6 Å². The number of amides is 4. The number of nitrogens with one attached hydrogen (secondary N) is 2. The first kappa shape index (κ1) is 39.7. The maximum Gasteiger partial charge on any atom is 0.424 e. The third-order valence-electron chi connectivity index (χ3n) is 7.37. The van der Waals surface area contributed by atoms with E-state index in [9.17, 15) is 24.3 Å². The van der Waals surface area contributed by atoms with Crippen LogP contribution in [0.2, 0.25) is 20.1 Å². The second-order valence-electron chi connectivity index (χ2n) is 13.4. The molecule has 1 saturated carbocycles. The van der Waals surface area contributed by atoms with Crippen molar-refractivity contribution in [2.75, 3.05) is 15.5 Å². The average Bonchev–Trinajstić information content (AvgIpc) is 3.54. The van der Waals surface area contributed by atoms with E-state index in [1.54, 1.807) is 0 Å². The lowest BCUT2D eigenvalue weighted by Gasteiger charge is -2.28. The van der Waals surface area contributed by atoms with Crippen molar-refractivity contribution in [3.63, 3.8) is 0 Å². The number of carboxylic acid groups (broad SMARTS) is 1. The van der Waals surface area contributed by atoms with Crippen molar-refractivity contribution in [1.82, 2.24) is 0 Å². The molecule has 4 amide bonds. The van der Waals surface area contributed by atoms with Crippen molar-refractivity contribution in [2.45, 2.75) is 62.8 Å². The molecule has 2 atom stereocenters. The number of rotatable bonds is 6. The SMILES string of the molecule is CC(C)(C)OC(=O)N(C(=O)O)c1cc(NC(=O)c2cc(NC(=O)[C@H]3[C@H](c4cc(Cl)c(Cl)c(Cl)c4)C3(Cl)Cl)ccc2Cl)c(F)c(C(C)(C)C)c1F. The summed E-state index contributed by atoms with van der Waals surface area (Å²) in [5.74, 6) is -5.94. The molecule has 17 heteroatoms. The van der Waals surface area contributed by atoms with Gasteiger partial charge in [-0.2, -0.15) is 4.90 Å². The zero-order chi connectivity index (χ0) is 37.8. The van der Waals surface area contributed by atoms with Crippen LogP contribution in [0.4, 0.5) is 35.4 Å². The Morgan fingerprint density at radius 3 is 1.96 bits per heavy atom. The molecular weight excluding hydrogens is 785 g/mol. The maximum atomic E-state index is 15.9. The second kappa shape index (κ2) is 14.2. The van der Waals surface area contributed by atoms with Gasteiger partial charge in [-0.25, -0.2) is 18.4 Å². The Morgan fingerprint density at radius 1 is 0.860 bits per heavy atom. The standard InChI is InChI=1S/C33H29Cl6F2N3O6/c1-31(2,3)23-25(40)19(12-20(26(23)41)44(29(47)48)30(49)50-32(4,5)6)43-27(45)15-11-14(7-8-16(15)34)42-28(46)22-21(33(22,38)39)13-9-17(35)24(37)18(36)10-13/h7-12,21-22H,1-6H3,(H,42,46)(H,43,45)(H,47,48)/t21-,22+/m0/s1. The molecule has 9 nitrogen and oxygen atoms in total. The van der Waals surface area contributed by atoms with Crippen LogP contribution in [0.3, 0.4) is 0 Å². The van der Waals surface area contributed by atoms with E-state index in [0.29, 0.717) is 11.6 Å². The number of benzene rings is 3. The number of halogens is 8. The number of hydrogen-bond donors (Lipinski definition) is 3. The summed E-state index contributed by atoms with van der Waals surface area (Å²) in [6.45, 7) is 8.74. The Hall–Kier alpha value is -3.06. The van der Waals surface area contributed by atoms with Gasteiger partial charge < -0.3 is 20.5 Å². The summed E-state index contributed by atoms with van der Waals surface area (Å²) in [7, 11) is 0. The number of nitrogens with zero attached hydrogens (tertiary/aromatic N) is 1. The first-order valence-electron chi connectivity index (χ1n) is 14.6. The molecule has 0 heterocycles. The van der Waals surface area contributed by atoms with Gasteiger partial charge in [0, 0.05) is 17.2 Å². The molecule has 0 radical (unpaired) electrons. The molecular formula is C33H29Cl6F2N3O6. The minimum Gasteiger partial charge on any atom is -0.464 e. The summed E-state index contributed by atoms with van der Waals surface area (Å²) >= 11 is 37.5. The molecule has 1 aliphatic carbocycles. The van der Waals surface area contributed by atoms with Gasteiger partial charge in [-0.3, -0.25) is 9.59 Å². The van der Waals surface area contributed by atoms with Crippen molar-refractivity contribution in [3.05, 3.63) is 84.8 Å². The van der Waals surface area contributed by atoms with E-state index in [-0.39, 0.29) is 36.2 Å². The van der Waals surface area contributed by atoms with Gasteiger partial charge in [0.2, 0.25) is 5.91 Å². The normalized spacial score (nSPS) is 16.8. The van der Waals surface area contributed by atoms with E-state index in [0.717, 1.165) is 0 Å². The molecule has 4 rings (SSSR count). The van der Waals surface area contributed by atoms with Gasteiger partial charge in [0.25, 0.3) is 5.91 Å². The molecule has 0 unspecified atom stereocenters. The van der Waals surface area contributed by atoms with E-state index in [1.165, 1.54) is 71.9 Å². The molecule has 3 aromatic carbocycles. The lowest BCUT2D eigenvalue weighted by Crippen LogP contribution is -2.41.